The normalized spacial score (nSPS) is 12.4. The minimum Gasteiger partial charge on any atom is -0.418 e. The molecule has 2 rings (SSSR count). The highest BCUT2D eigenvalue weighted by molar-refractivity contribution is 6.50. The predicted molar refractivity (Wildman–Crippen MR) is 97.9 cm³/mol. The van der Waals surface area contributed by atoms with Crippen molar-refractivity contribution in [1.29, 1.82) is 0 Å². The Kier molecular flexibility index (Phi) is 7.75. The molecule has 0 fully saturated rings. The molecule has 0 nitrogen and oxygen atoms in total. The summed E-state index contributed by atoms with van der Waals surface area (Å²) >= 11 is -0.0703. The maximum Gasteiger partial charge on any atom is 0.673 e. The molecule has 6 heteroatoms. The number of benzene rings is 2. The molecule has 2 aromatic carbocycles. The first-order chi connectivity index (χ1) is 11.7. The summed E-state index contributed by atoms with van der Waals surface area (Å²) in [6.45, 7) is 13.6. The van der Waals surface area contributed by atoms with Crippen molar-refractivity contribution in [3.63, 3.8) is 0 Å². The number of halogens is 5. The van der Waals surface area contributed by atoms with Gasteiger partial charge in [0.25, 0.3) is 0 Å². The highest BCUT2D eigenvalue weighted by atomic mass is 127. The van der Waals surface area contributed by atoms with Crippen LogP contribution in [0.2, 0.25) is 0 Å². The Balaban J connectivity index is 0.000000597. The van der Waals surface area contributed by atoms with Crippen LogP contribution in [0.3, 0.4) is 0 Å². The molecule has 144 valence electrons. The molecule has 0 unspecified atom stereocenters. The Hall–Kier alpha value is -1.05. The van der Waals surface area contributed by atoms with Crippen LogP contribution in [0.1, 0.15) is 52.7 Å². The zero-order chi connectivity index (χ0) is 20.2. The molecule has 0 N–H and O–H groups in total. The number of rotatable bonds is 2. The van der Waals surface area contributed by atoms with Gasteiger partial charge in [-0.1, -0.05) is 65.8 Å². The van der Waals surface area contributed by atoms with E-state index >= 15 is 0 Å². The van der Waals surface area contributed by atoms with Crippen LogP contribution >= 0.6 is 0 Å². The van der Waals surface area contributed by atoms with E-state index in [4.69, 9.17) is 0 Å². The molecule has 0 aliphatic heterocycles. The van der Waals surface area contributed by atoms with Crippen LogP contribution in [0.5, 0.6) is 0 Å². The van der Waals surface area contributed by atoms with Gasteiger partial charge in [0.1, 0.15) is 0 Å². The van der Waals surface area contributed by atoms with Crippen molar-refractivity contribution >= 4 is 7.25 Å². The van der Waals surface area contributed by atoms with Gasteiger partial charge >= 0.3 is 28.5 Å². The highest BCUT2D eigenvalue weighted by Gasteiger charge is 2.21. The van der Waals surface area contributed by atoms with Gasteiger partial charge in [-0.3, -0.25) is 0 Å². The van der Waals surface area contributed by atoms with Crippen LogP contribution in [0, 0.1) is 7.14 Å². The van der Waals surface area contributed by atoms with Crippen molar-refractivity contribution in [1.82, 2.24) is 0 Å². The maximum atomic E-state index is 9.75. The van der Waals surface area contributed by atoms with E-state index in [9.17, 15) is 17.3 Å². The quantitative estimate of drug-likeness (QED) is 0.350. The van der Waals surface area contributed by atoms with Gasteiger partial charge in [-0.2, -0.15) is 0 Å². The molecule has 0 saturated heterocycles. The summed E-state index contributed by atoms with van der Waals surface area (Å²) in [4.78, 5) is 0. The molecule has 0 saturated carbocycles. The second-order valence-corrected chi connectivity index (χ2v) is 11.1. The molecular formula is C20H26BF4I. The minimum atomic E-state index is -6.00. The molecule has 0 heterocycles. The van der Waals surface area contributed by atoms with Crippen LogP contribution in [-0.4, -0.2) is 7.25 Å². The van der Waals surface area contributed by atoms with E-state index in [1.807, 2.05) is 0 Å². The molecule has 2 aromatic rings. The lowest BCUT2D eigenvalue weighted by molar-refractivity contribution is -0.597. The number of hydrogen-bond acceptors (Lipinski definition) is 0. The Morgan fingerprint density at radius 1 is 0.577 bits per heavy atom. The first-order valence-electron chi connectivity index (χ1n) is 8.39. The van der Waals surface area contributed by atoms with Crippen LogP contribution < -0.4 is 21.2 Å². The van der Waals surface area contributed by atoms with E-state index in [0.717, 1.165) is 0 Å². The molecule has 26 heavy (non-hydrogen) atoms. The van der Waals surface area contributed by atoms with E-state index < -0.39 is 7.25 Å². The maximum absolute atomic E-state index is 9.75. The second kappa shape index (κ2) is 8.76. The van der Waals surface area contributed by atoms with E-state index in [0.29, 0.717) is 0 Å². The van der Waals surface area contributed by atoms with E-state index in [1.165, 1.54) is 18.3 Å². The van der Waals surface area contributed by atoms with Crippen molar-refractivity contribution < 1.29 is 38.5 Å². The fraction of sp³-hybridized carbons (Fsp3) is 0.400. The van der Waals surface area contributed by atoms with Gasteiger partial charge in [-0.25, -0.2) is 0 Å². The fourth-order valence-corrected chi connectivity index (χ4v) is 4.31. The first kappa shape index (κ1) is 23.0. The molecule has 0 bridgehead atoms. The van der Waals surface area contributed by atoms with Crippen molar-refractivity contribution in [2.24, 2.45) is 0 Å². The third-order valence-electron chi connectivity index (χ3n) is 3.64. The van der Waals surface area contributed by atoms with Crippen molar-refractivity contribution in [2.75, 3.05) is 0 Å². The Morgan fingerprint density at radius 2 is 0.808 bits per heavy atom. The summed E-state index contributed by atoms with van der Waals surface area (Å²) in [6.07, 6.45) is 0. The first-order valence-corrected chi connectivity index (χ1v) is 10.6. The van der Waals surface area contributed by atoms with Crippen molar-refractivity contribution in [3.05, 3.63) is 66.8 Å². The predicted octanol–water partition coefficient (Wildman–Crippen LogP) is 3.71. The summed E-state index contributed by atoms with van der Waals surface area (Å²) < 4.78 is 42.0. The topological polar surface area (TPSA) is 0 Å². The molecule has 0 spiro atoms. The summed E-state index contributed by atoms with van der Waals surface area (Å²) in [7, 11) is -6.00. The van der Waals surface area contributed by atoms with Crippen LogP contribution in [0.15, 0.2) is 48.5 Å². The van der Waals surface area contributed by atoms with Gasteiger partial charge < -0.3 is 17.3 Å². The summed E-state index contributed by atoms with van der Waals surface area (Å²) in [5, 5.41) is 0. The fourth-order valence-electron chi connectivity index (χ4n) is 2.15. The van der Waals surface area contributed by atoms with Gasteiger partial charge in [0.2, 0.25) is 0 Å². The van der Waals surface area contributed by atoms with E-state index in [1.54, 1.807) is 0 Å². The monoisotopic (exact) mass is 480 g/mol. The SMILES string of the molecule is CC(C)(C)c1ccc([I+]c2ccc(C(C)(C)C)cc2)cc1.F[B-](F)(F)F. The molecular weight excluding hydrogens is 454 g/mol. The zero-order valence-corrected chi connectivity index (χ0v) is 18.2. The molecule has 0 atom stereocenters. The Labute approximate surface area is 164 Å². The van der Waals surface area contributed by atoms with Crippen LogP contribution in [-0.2, 0) is 10.8 Å². The lowest BCUT2D eigenvalue weighted by Crippen LogP contribution is -3.61. The van der Waals surface area contributed by atoms with Gasteiger partial charge in [-0.15, -0.1) is 0 Å². The number of hydrogen-bond donors (Lipinski definition) is 0. The standard InChI is InChI=1S/C20H26I.BF4/c1-19(2,3)15-7-11-17(12-8-15)21-18-13-9-16(10-14-18)20(4,5)6;2-1(3,4)5/h7-14H,1-6H3;/q+1;-1. The second-order valence-electron chi connectivity index (χ2n) is 8.10. The van der Waals surface area contributed by atoms with E-state index in [-0.39, 0.29) is 32.0 Å². The van der Waals surface area contributed by atoms with Crippen molar-refractivity contribution in [2.45, 2.75) is 52.4 Å². The van der Waals surface area contributed by atoms with Crippen LogP contribution in [0.25, 0.3) is 0 Å². The van der Waals surface area contributed by atoms with Crippen molar-refractivity contribution in [3.8, 4) is 0 Å². The van der Waals surface area contributed by atoms with Gasteiger partial charge in [0, 0.05) is 0 Å². The zero-order valence-electron chi connectivity index (χ0n) is 16.1. The lowest BCUT2D eigenvalue weighted by Gasteiger charge is -2.18. The molecule has 0 aliphatic carbocycles. The van der Waals surface area contributed by atoms with Gasteiger partial charge in [0.05, 0.1) is 0 Å². The Morgan fingerprint density at radius 3 is 1.00 bits per heavy atom. The smallest absolute Gasteiger partial charge is 0.418 e. The molecule has 0 aliphatic rings. The van der Waals surface area contributed by atoms with E-state index in [2.05, 4.69) is 90.1 Å². The minimum absolute atomic E-state index is 0.0703. The van der Waals surface area contributed by atoms with Crippen LogP contribution in [0.4, 0.5) is 17.3 Å². The molecule has 0 amide bonds. The molecule has 0 radical (unpaired) electrons. The third kappa shape index (κ3) is 9.06. The average Bonchev–Trinajstić information content (AvgIpc) is 2.45. The Bertz CT molecular complexity index is 617. The van der Waals surface area contributed by atoms with Gasteiger partial charge in [0.15, 0.2) is 7.14 Å². The lowest BCUT2D eigenvalue weighted by atomic mass is 9.87. The third-order valence-corrected chi connectivity index (χ3v) is 6.32. The summed E-state index contributed by atoms with van der Waals surface area (Å²) in [6, 6.07) is 18.4. The summed E-state index contributed by atoms with van der Waals surface area (Å²) in [5.41, 5.74) is 3.31. The molecule has 0 aromatic heterocycles. The largest absolute Gasteiger partial charge is 0.673 e. The average molecular weight is 480 g/mol. The van der Waals surface area contributed by atoms with Gasteiger partial charge in [-0.05, 0) is 46.2 Å². The summed E-state index contributed by atoms with van der Waals surface area (Å²) in [5.74, 6) is 0. The highest BCUT2D eigenvalue weighted by Crippen LogP contribution is 2.21.